The van der Waals surface area contributed by atoms with Crippen molar-refractivity contribution < 1.29 is 0 Å². The Kier molecular flexibility index (Phi) is 22.1. The molecule has 450 valence electrons. The summed E-state index contributed by atoms with van der Waals surface area (Å²) in [6.07, 6.45) is 8.92. The number of hydrogen-bond acceptors (Lipinski definition) is 0. The Balaban J connectivity index is 0.000000148. The molecule has 12 aromatic rings. The molecule has 12 aromatic carbocycles. The lowest BCUT2D eigenvalue weighted by Crippen LogP contribution is -1.95. The molecule has 0 aliphatic rings. The molecule has 0 heteroatoms. The fourth-order valence-corrected chi connectivity index (χ4v) is 11.8. The Labute approximate surface area is 540 Å². The van der Waals surface area contributed by atoms with Crippen LogP contribution in [-0.4, -0.2) is 0 Å². The van der Waals surface area contributed by atoms with E-state index in [1.54, 1.807) is 0 Å². The molecule has 0 atom stereocenters. The van der Waals surface area contributed by atoms with Crippen molar-refractivity contribution in [2.75, 3.05) is 0 Å². The molecule has 90 heavy (non-hydrogen) atoms. The average molecular weight is 1170 g/mol. The maximum absolute atomic E-state index is 2.31. The van der Waals surface area contributed by atoms with Gasteiger partial charge in [0.1, 0.15) is 0 Å². The first-order valence-corrected chi connectivity index (χ1v) is 32.5. The molecule has 0 saturated carbocycles. The highest BCUT2D eigenvalue weighted by molar-refractivity contribution is 5.42. The summed E-state index contributed by atoms with van der Waals surface area (Å²) in [7, 11) is 0. The van der Waals surface area contributed by atoms with Gasteiger partial charge in [0, 0.05) is 0 Å². The number of aryl methyl sites for hydroxylation is 8. The maximum atomic E-state index is 2.31. The van der Waals surface area contributed by atoms with Gasteiger partial charge in [0.25, 0.3) is 0 Å². The number of benzene rings is 12. The molecule has 0 spiro atoms. The summed E-state index contributed by atoms with van der Waals surface area (Å²) in [6, 6.07) is 101. The Bertz CT molecular complexity index is 4200. The van der Waals surface area contributed by atoms with E-state index < -0.39 is 0 Å². The van der Waals surface area contributed by atoms with Gasteiger partial charge in [0.15, 0.2) is 0 Å². The first-order chi connectivity index (χ1) is 43.7. The molecule has 0 N–H and O–H groups in total. The molecule has 12 rings (SSSR count). The van der Waals surface area contributed by atoms with Crippen LogP contribution in [-0.2, 0) is 57.8 Å². The summed E-state index contributed by atoms with van der Waals surface area (Å²) in [5, 5.41) is 0. The van der Waals surface area contributed by atoms with Gasteiger partial charge in [-0.15, -0.1) is 0 Å². The Morgan fingerprint density at radius 3 is 0.667 bits per heavy atom. The largest absolute Gasteiger partial charge is 0.0617 e. The van der Waals surface area contributed by atoms with Crippen LogP contribution in [0.2, 0.25) is 0 Å². The van der Waals surface area contributed by atoms with E-state index in [-0.39, 0.29) is 0 Å². The molecule has 0 nitrogen and oxygen atoms in total. The first-order valence-electron chi connectivity index (χ1n) is 32.5. The third-order valence-electron chi connectivity index (χ3n) is 18.0. The fraction of sp³-hybridized carbons (Fsp3) is 0.200. The number of hydrogen-bond donors (Lipinski definition) is 0. The second-order valence-corrected chi connectivity index (χ2v) is 25.6. The van der Waals surface area contributed by atoms with Crippen LogP contribution in [0.15, 0.2) is 273 Å². The molecule has 0 aromatic heterocycles. The standard InChI is InChI=1S/3C30H30/c1-22-4-7-25(8-5-22)19-26-10-12-27(13-11-26)20-28-14-16-29(17-15-28)21-30-9-6-23(2)24(3)18-30;1-22-7-9-25(10-8-22)19-26-11-13-27(14-12-26)20-28-15-17-29(18-16-28)21-30-6-4-5-23(2)24(30)3;1-22-5-4-6-29(17-22)20-27-13-9-25(10-14-27)19-26-11-15-28(16-12-26)21-30-8-7-23(2)24(3)18-30/h3*4-18H,19-21H2,1-3H3. The van der Waals surface area contributed by atoms with Crippen molar-refractivity contribution in [2.45, 2.75) is 120 Å². The Hall–Kier alpha value is -9.36. The topological polar surface area (TPSA) is 0 Å². The van der Waals surface area contributed by atoms with Gasteiger partial charge in [-0.05, 0) is 254 Å². The zero-order chi connectivity index (χ0) is 62.8. The predicted octanol–water partition coefficient (Wildman–Crippen LogP) is 22.2. The summed E-state index contributed by atoms with van der Waals surface area (Å²) in [5.41, 5.74) is 36.9. The SMILES string of the molecule is Cc1ccc(Cc2ccc(Cc3ccc(Cc4ccc(C)c(C)c4)cc3)cc2)cc1.Cc1ccc(Cc2ccc(Cc3ccc(Cc4cccc(C)c4C)cc3)cc2)cc1.Cc1cccc(Cc2ccc(Cc3ccc(Cc4ccc(C)c(C)c4)cc3)cc2)c1. The van der Waals surface area contributed by atoms with Crippen LogP contribution >= 0.6 is 0 Å². The second kappa shape index (κ2) is 31.2. The van der Waals surface area contributed by atoms with Crippen LogP contribution in [0.25, 0.3) is 0 Å². The molecule has 0 aliphatic heterocycles. The summed E-state index contributed by atoms with van der Waals surface area (Å²) < 4.78 is 0. The molecule has 0 aliphatic carbocycles. The average Bonchev–Trinajstić information content (AvgIpc) is 2.74. The molecular weight excluding hydrogens is 1080 g/mol. The Morgan fingerprint density at radius 2 is 0.389 bits per heavy atom. The lowest BCUT2D eigenvalue weighted by molar-refractivity contribution is 1.12. The van der Waals surface area contributed by atoms with Crippen molar-refractivity contribution in [3.8, 4) is 0 Å². The van der Waals surface area contributed by atoms with Crippen molar-refractivity contribution in [1.82, 2.24) is 0 Å². The van der Waals surface area contributed by atoms with Crippen molar-refractivity contribution in [2.24, 2.45) is 0 Å². The molecule has 0 bridgehead atoms. The Morgan fingerprint density at radius 1 is 0.156 bits per heavy atom. The lowest BCUT2D eigenvalue weighted by atomic mass is 9.96. The summed E-state index contributed by atoms with van der Waals surface area (Å²) in [6.45, 7) is 19.5. The minimum absolute atomic E-state index is 0.981. The third kappa shape index (κ3) is 19.3. The predicted molar refractivity (Wildman–Crippen MR) is 385 cm³/mol. The van der Waals surface area contributed by atoms with E-state index in [4.69, 9.17) is 0 Å². The van der Waals surface area contributed by atoms with Crippen LogP contribution in [0.1, 0.15) is 150 Å². The quantitative estimate of drug-likeness (QED) is 0.0803. The number of rotatable bonds is 18. The highest BCUT2D eigenvalue weighted by Crippen LogP contribution is 2.23. The molecule has 0 heterocycles. The van der Waals surface area contributed by atoms with Gasteiger partial charge < -0.3 is 0 Å². The van der Waals surface area contributed by atoms with Gasteiger partial charge in [0.2, 0.25) is 0 Å². The van der Waals surface area contributed by atoms with Gasteiger partial charge >= 0.3 is 0 Å². The van der Waals surface area contributed by atoms with E-state index in [1.165, 1.54) is 150 Å². The summed E-state index contributed by atoms with van der Waals surface area (Å²) in [4.78, 5) is 0. The molecule has 0 unspecified atom stereocenters. The van der Waals surface area contributed by atoms with Gasteiger partial charge in [-0.25, -0.2) is 0 Å². The smallest absolute Gasteiger partial charge is 0.00230 e. The second-order valence-electron chi connectivity index (χ2n) is 25.6. The first kappa shape index (κ1) is 63.7. The van der Waals surface area contributed by atoms with Crippen molar-refractivity contribution in [3.05, 3.63) is 423 Å². The normalized spacial score (nSPS) is 10.9. The van der Waals surface area contributed by atoms with Gasteiger partial charge in [-0.2, -0.15) is 0 Å². The van der Waals surface area contributed by atoms with E-state index in [2.05, 4.69) is 335 Å². The highest BCUT2D eigenvalue weighted by Gasteiger charge is 2.08. The monoisotopic (exact) mass is 1170 g/mol. The highest BCUT2D eigenvalue weighted by atomic mass is 14.1. The van der Waals surface area contributed by atoms with E-state index in [9.17, 15) is 0 Å². The molecule has 0 radical (unpaired) electrons. The zero-order valence-corrected chi connectivity index (χ0v) is 54.8. The van der Waals surface area contributed by atoms with Gasteiger partial charge in [-0.3, -0.25) is 0 Å². The maximum Gasteiger partial charge on any atom is -0.00230 e. The van der Waals surface area contributed by atoms with Crippen LogP contribution in [0.3, 0.4) is 0 Å². The van der Waals surface area contributed by atoms with E-state index in [1.807, 2.05) is 0 Å². The molecule has 0 fully saturated rings. The van der Waals surface area contributed by atoms with Crippen molar-refractivity contribution in [1.29, 1.82) is 0 Å². The summed E-state index contributed by atoms with van der Waals surface area (Å²) >= 11 is 0. The van der Waals surface area contributed by atoms with Crippen molar-refractivity contribution >= 4 is 0 Å². The van der Waals surface area contributed by atoms with E-state index in [0.717, 1.165) is 57.8 Å². The summed E-state index contributed by atoms with van der Waals surface area (Å²) in [5.74, 6) is 0. The molecular formula is C90H90. The van der Waals surface area contributed by atoms with Gasteiger partial charge in [-0.1, -0.05) is 290 Å². The van der Waals surface area contributed by atoms with Crippen LogP contribution < -0.4 is 0 Å². The molecule has 0 amide bonds. The van der Waals surface area contributed by atoms with Crippen LogP contribution in [0.5, 0.6) is 0 Å². The van der Waals surface area contributed by atoms with Crippen LogP contribution in [0.4, 0.5) is 0 Å². The minimum Gasteiger partial charge on any atom is -0.0617 e. The minimum atomic E-state index is 0.981. The third-order valence-corrected chi connectivity index (χ3v) is 18.0. The van der Waals surface area contributed by atoms with Crippen LogP contribution in [0, 0.1) is 62.3 Å². The zero-order valence-electron chi connectivity index (χ0n) is 54.8. The van der Waals surface area contributed by atoms with Crippen molar-refractivity contribution in [3.63, 3.8) is 0 Å². The van der Waals surface area contributed by atoms with E-state index in [0.29, 0.717) is 0 Å². The fourth-order valence-electron chi connectivity index (χ4n) is 11.8. The van der Waals surface area contributed by atoms with Gasteiger partial charge in [0.05, 0.1) is 0 Å². The van der Waals surface area contributed by atoms with E-state index >= 15 is 0 Å². The lowest BCUT2D eigenvalue weighted by Gasteiger charge is -2.10. The molecule has 0 saturated heterocycles.